The maximum atomic E-state index is 5.64. The highest BCUT2D eigenvalue weighted by Gasteiger charge is 2.13. The van der Waals surface area contributed by atoms with E-state index in [2.05, 4.69) is 50.0 Å². The molecule has 2 N–H and O–H groups in total. The molecule has 0 amide bonds. The average molecular weight is 273 g/mol. The van der Waals surface area contributed by atoms with E-state index in [4.69, 9.17) is 18.0 Å². The predicted molar refractivity (Wildman–Crippen MR) is 82.4 cm³/mol. The van der Waals surface area contributed by atoms with Crippen LogP contribution in [0.15, 0.2) is 36.7 Å². The van der Waals surface area contributed by atoms with Crippen molar-refractivity contribution in [2.45, 2.75) is 32.7 Å². The molecule has 0 saturated heterocycles. The Balaban J connectivity index is 2.20. The molecule has 1 aromatic heterocycles. The van der Waals surface area contributed by atoms with Crippen LogP contribution in [0.5, 0.6) is 0 Å². The fraction of sp³-hybridized carbons (Fsp3) is 0.333. The molecule has 1 aromatic carbocycles. The summed E-state index contributed by atoms with van der Waals surface area (Å²) in [5, 5.41) is 0. The van der Waals surface area contributed by atoms with Gasteiger partial charge in [-0.2, -0.15) is 0 Å². The Hall–Kier alpha value is -1.68. The number of hydrogen-bond acceptors (Lipinski definition) is 2. The third kappa shape index (κ3) is 3.20. The SMILES string of the molecule is CC(C)(C)c1ccc(Cn2ccnc2C(N)=S)cc1. The molecule has 0 spiro atoms. The molecule has 0 unspecified atom stereocenters. The maximum Gasteiger partial charge on any atom is 0.167 e. The summed E-state index contributed by atoms with van der Waals surface area (Å²) in [6, 6.07) is 8.63. The number of nitrogens with zero attached hydrogens (tertiary/aromatic N) is 2. The number of benzene rings is 1. The normalized spacial score (nSPS) is 11.5. The van der Waals surface area contributed by atoms with E-state index in [1.165, 1.54) is 11.1 Å². The molecule has 0 aliphatic carbocycles. The highest BCUT2D eigenvalue weighted by molar-refractivity contribution is 7.80. The van der Waals surface area contributed by atoms with Crippen molar-refractivity contribution in [3.05, 3.63) is 53.6 Å². The summed E-state index contributed by atoms with van der Waals surface area (Å²) >= 11 is 4.98. The highest BCUT2D eigenvalue weighted by Crippen LogP contribution is 2.22. The first-order chi connectivity index (χ1) is 8.88. The topological polar surface area (TPSA) is 43.8 Å². The second-order valence-electron chi connectivity index (χ2n) is 5.69. The summed E-state index contributed by atoms with van der Waals surface area (Å²) in [6.45, 7) is 7.37. The minimum Gasteiger partial charge on any atom is -0.387 e. The first-order valence-corrected chi connectivity index (χ1v) is 6.69. The summed E-state index contributed by atoms with van der Waals surface area (Å²) < 4.78 is 1.97. The Bertz CT molecular complexity index is 576. The standard InChI is InChI=1S/C15H19N3S/c1-15(2,3)12-6-4-11(5-7-12)10-18-9-8-17-14(18)13(16)19/h4-9H,10H2,1-3H3,(H2,16,19). The largest absolute Gasteiger partial charge is 0.387 e. The van der Waals surface area contributed by atoms with Crippen LogP contribution in [0.25, 0.3) is 0 Å². The van der Waals surface area contributed by atoms with Gasteiger partial charge in [-0.3, -0.25) is 0 Å². The minimum atomic E-state index is 0.178. The number of aromatic nitrogens is 2. The van der Waals surface area contributed by atoms with Crippen molar-refractivity contribution < 1.29 is 0 Å². The molecule has 0 aliphatic rings. The van der Waals surface area contributed by atoms with Gasteiger partial charge in [0.15, 0.2) is 5.82 Å². The van der Waals surface area contributed by atoms with Crippen LogP contribution < -0.4 is 5.73 Å². The van der Waals surface area contributed by atoms with Crippen LogP contribution in [0.3, 0.4) is 0 Å². The van der Waals surface area contributed by atoms with E-state index in [0.717, 1.165) is 6.54 Å². The van der Waals surface area contributed by atoms with Crippen LogP contribution in [0, 0.1) is 0 Å². The van der Waals surface area contributed by atoms with Crippen molar-refractivity contribution in [3.63, 3.8) is 0 Å². The number of thiocarbonyl (C=S) groups is 1. The van der Waals surface area contributed by atoms with Gasteiger partial charge in [-0.05, 0) is 16.5 Å². The number of hydrogen-bond donors (Lipinski definition) is 1. The Kier molecular flexibility index (Phi) is 3.71. The fourth-order valence-electron chi connectivity index (χ4n) is 1.97. The highest BCUT2D eigenvalue weighted by atomic mass is 32.1. The number of imidazole rings is 1. The van der Waals surface area contributed by atoms with E-state index in [1.807, 2.05) is 10.8 Å². The second kappa shape index (κ2) is 5.13. The predicted octanol–water partition coefficient (Wildman–Crippen LogP) is 2.86. The Morgan fingerprint density at radius 3 is 2.42 bits per heavy atom. The van der Waals surface area contributed by atoms with Crippen molar-refractivity contribution >= 4 is 17.2 Å². The van der Waals surface area contributed by atoms with Crippen molar-refractivity contribution in [1.29, 1.82) is 0 Å². The maximum absolute atomic E-state index is 5.64. The first-order valence-electron chi connectivity index (χ1n) is 6.28. The Labute approximate surface area is 119 Å². The minimum absolute atomic E-state index is 0.178. The molecular weight excluding hydrogens is 254 g/mol. The summed E-state index contributed by atoms with van der Waals surface area (Å²) in [6.07, 6.45) is 3.62. The molecule has 0 aliphatic heterocycles. The van der Waals surface area contributed by atoms with Crippen LogP contribution in [-0.2, 0) is 12.0 Å². The van der Waals surface area contributed by atoms with Crippen molar-refractivity contribution in [1.82, 2.24) is 9.55 Å². The number of nitrogens with two attached hydrogens (primary N) is 1. The fourth-order valence-corrected chi connectivity index (χ4v) is 2.14. The lowest BCUT2D eigenvalue weighted by Crippen LogP contribution is -2.17. The Morgan fingerprint density at radius 2 is 1.89 bits per heavy atom. The average Bonchev–Trinajstić information content (AvgIpc) is 2.77. The molecule has 0 saturated carbocycles. The molecule has 19 heavy (non-hydrogen) atoms. The lowest BCUT2D eigenvalue weighted by Gasteiger charge is -2.19. The van der Waals surface area contributed by atoms with Gasteiger partial charge in [0.05, 0.1) is 0 Å². The van der Waals surface area contributed by atoms with Gasteiger partial charge in [0.2, 0.25) is 0 Å². The van der Waals surface area contributed by atoms with Gasteiger partial charge < -0.3 is 10.3 Å². The molecule has 0 fully saturated rings. The molecular formula is C15H19N3S. The molecule has 4 heteroatoms. The van der Waals surface area contributed by atoms with Gasteiger partial charge >= 0.3 is 0 Å². The zero-order valence-corrected chi connectivity index (χ0v) is 12.4. The summed E-state index contributed by atoms with van der Waals surface area (Å²) in [5.41, 5.74) is 8.36. The van der Waals surface area contributed by atoms with Gasteiger partial charge in [-0.15, -0.1) is 0 Å². The molecule has 3 nitrogen and oxygen atoms in total. The van der Waals surface area contributed by atoms with Crippen molar-refractivity contribution in [3.8, 4) is 0 Å². The van der Waals surface area contributed by atoms with E-state index in [0.29, 0.717) is 10.8 Å². The smallest absolute Gasteiger partial charge is 0.167 e. The third-order valence-corrected chi connectivity index (χ3v) is 3.29. The second-order valence-corrected chi connectivity index (χ2v) is 6.13. The zero-order valence-electron chi connectivity index (χ0n) is 11.6. The Morgan fingerprint density at radius 1 is 1.26 bits per heavy atom. The molecule has 2 rings (SSSR count). The van der Waals surface area contributed by atoms with Gasteiger partial charge in [-0.25, -0.2) is 4.98 Å². The summed E-state index contributed by atoms with van der Waals surface area (Å²) in [4.78, 5) is 4.50. The van der Waals surface area contributed by atoms with Gasteiger partial charge in [0.25, 0.3) is 0 Å². The van der Waals surface area contributed by atoms with E-state index in [-0.39, 0.29) is 5.41 Å². The third-order valence-electron chi connectivity index (χ3n) is 3.11. The van der Waals surface area contributed by atoms with E-state index < -0.39 is 0 Å². The van der Waals surface area contributed by atoms with Gasteiger partial charge in [-0.1, -0.05) is 57.3 Å². The molecule has 0 radical (unpaired) electrons. The van der Waals surface area contributed by atoms with Crippen molar-refractivity contribution in [2.75, 3.05) is 0 Å². The molecule has 1 heterocycles. The van der Waals surface area contributed by atoms with Crippen LogP contribution in [-0.4, -0.2) is 14.5 Å². The zero-order chi connectivity index (χ0) is 14.0. The molecule has 100 valence electrons. The van der Waals surface area contributed by atoms with Gasteiger partial charge in [0, 0.05) is 18.9 Å². The molecule has 2 aromatic rings. The van der Waals surface area contributed by atoms with Gasteiger partial charge in [0.1, 0.15) is 4.99 Å². The first kappa shape index (κ1) is 13.7. The molecule has 0 atom stereocenters. The monoisotopic (exact) mass is 273 g/mol. The van der Waals surface area contributed by atoms with Crippen LogP contribution >= 0.6 is 12.2 Å². The van der Waals surface area contributed by atoms with E-state index >= 15 is 0 Å². The lowest BCUT2D eigenvalue weighted by atomic mass is 9.87. The molecule has 0 bridgehead atoms. The lowest BCUT2D eigenvalue weighted by molar-refractivity contribution is 0.589. The van der Waals surface area contributed by atoms with Crippen LogP contribution in [0.1, 0.15) is 37.7 Å². The van der Waals surface area contributed by atoms with Crippen LogP contribution in [0.4, 0.5) is 0 Å². The van der Waals surface area contributed by atoms with Crippen LogP contribution in [0.2, 0.25) is 0 Å². The van der Waals surface area contributed by atoms with E-state index in [1.54, 1.807) is 6.20 Å². The number of rotatable bonds is 3. The van der Waals surface area contributed by atoms with Crippen molar-refractivity contribution in [2.24, 2.45) is 5.73 Å². The quantitative estimate of drug-likeness (QED) is 0.875. The summed E-state index contributed by atoms with van der Waals surface area (Å²) in [7, 11) is 0. The summed E-state index contributed by atoms with van der Waals surface area (Å²) in [5.74, 6) is 0.662. The van der Waals surface area contributed by atoms with E-state index in [9.17, 15) is 0 Å².